The molecule has 0 saturated carbocycles. The van der Waals surface area contributed by atoms with E-state index in [-0.39, 0.29) is 12.4 Å². The summed E-state index contributed by atoms with van der Waals surface area (Å²) in [4.78, 5) is 11.5. The number of aryl methyl sites for hydroxylation is 1. The monoisotopic (exact) mass is 306 g/mol. The summed E-state index contributed by atoms with van der Waals surface area (Å²) >= 11 is 1.36. The lowest BCUT2D eigenvalue weighted by atomic mass is 10.1. The van der Waals surface area contributed by atoms with Crippen LogP contribution in [0.5, 0.6) is 0 Å². The predicted octanol–water partition coefficient (Wildman–Crippen LogP) is 2.14. The number of hydrogen-bond acceptors (Lipinski definition) is 3. The third-order valence-corrected chi connectivity index (χ3v) is 2.91. The highest BCUT2D eigenvalue weighted by Crippen LogP contribution is 2.16. The van der Waals surface area contributed by atoms with Gasteiger partial charge in [0.2, 0.25) is 0 Å². The van der Waals surface area contributed by atoms with Gasteiger partial charge in [-0.15, -0.1) is 0 Å². The number of hydrogen-bond donors (Lipinski definition) is 1. The molecule has 0 heterocycles. The van der Waals surface area contributed by atoms with Crippen LogP contribution in [0.1, 0.15) is 15.9 Å². The Morgan fingerprint density at radius 2 is 2.25 bits per heavy atom. The van der Waals surface area contributed by atoms with Crippen molar-refractivity contribution in [1.29, 1.82) is 0 Å². The molecule has 1 aromatic rings. The average molecular weight is 307 g/mol. The lowest BCUT2D eigenvalue weighted by Gasteiger charge is -2.06. The van der Waals surface area contributed by atoms with Crippen LogP contribution in [0.15, 0.2) is 22.7 Å². The molecule has 4 nitrogen and oxygen atoms in total. The number of halogens is 1. The molecule has 0 aliphatic rings. The van der Waals surface area contributed by atoms with E-state index in [2.05, 4.69) is 15.9 Å². The van der Waals surface area contributed by atoms with Crippen LogP contribution in [0.3, 0.4) is 0 Å². The molecule has 0 fully saturated rings. The minimum Gasteiger partial charge on any atom is -0.461 e. The summed E-state index contributed by atoms with van der Waals surface area (Å²) < 4.78 is 24.6. The van der Waals surface area contributed by atoms with Crippen molar-refractivity contribution >= 4 is 33.0 Å². The van der Waals surface area contributed by atoms with E-state index in [1.165, 1.54) is 0 Å². The molecule has 88 valence electrons. The molecular formula is C10H11BrO4S. The number of carbonyl (C=O) groups is 1. The van der Waals surface area contributed by atoms with E-state index >= 15 is 0 Å². The zero-order valence-electron chi connectivity index (χ0n) is 8.60. The maximum Gasteiger partial charge on any atom is 0.338 e. The number of rotatable bonds is 4. The maximum absolute atomic E-state index is 11.5. The van der Waals surface area contributed by atoms with Gasteiger partial charge in [-0.2, -0.15) is 0 Å². The van der Waals surface area contributed by atoms with Crippen molar-refractivity contribution in [3.8, 4) is 0 Å². The number of carbonyl (C=O) groups excluding carboxylic acids is 1. The first-order chi connectivity index (χ1) is 7.50. The molecule has 0 saturated heterocycles. The van der Waals surface area contributed by atoms with Gasteiger partial charge in [0.05, 0.1) is 11.3 Å². The molecule has 0 radical (unpaired) electrons. The zero-order valence-corrected chi connectivity index (χ0v) is 11.0. The van der Waals surface area contributed by atoms with Gasteiger partial charge in [0.1, 0.15) is 6.61 Å². The largest absolute Gasteiger partial charge is 0.461 e. The molecule has 1 atom stereocenters. The Bertz CT molecular complexity index is 419. The first-order valence-electron chi connectivity index (χ1n) is 4.51. The summed E-state index contributed by atoms with van der Waals surface area (Å²) in [5, 5.41) is 0. The molecule has 0 spiro atoms. The molecular weight excluding hydrogens is 296 g/mol. The number of ether oxygens (including phenoxy) is 1. The Labute approximate surface area is 104 Å². The predicted molar refractivity (Wildman–Crippen MR) is 64.8 cm³/mol. The number of benzene rings is 1. The van der Waals surface area contributed by atoms with Crippen LogP contribution in [0.4, 0.5) is 0 Å². The molecule has 1 aromatic carbocycles. The normalized spacial score (nSPS) is 12.2. The highest BCUT2D eigenvalue weighted by Gasteiger charge is 2.10. The Hall–Kier alpha value is -0.720. The lowest BCUT2D eigenvalue weighted by molar-refractivity contribution is 0.0528. The van der Waals surface area contributed by atoms with E-state index < -0.39 is 17.0 Å². The van der Waals surface area contributed by atoms with Gasteiger partial charge >= 0.3 is 5.97 Å². The fraction of sp³-hybridized carbons (Fsp3) is 0.300. The first kappa shape index (κ1) is 13.3. The molecule has 0 amide bonds. The van der Waals surface area contributed by atoms with E-state index in [1.807, 2.05) is 0 Å². The average Bonchev–Trinajstić information content (AvgIpc) is 2.16. The van der Waals surface area contributed by atoms with Crippen molar-refractivity contribution in [2.24, 2.45) is 0 Å². The summed E-state index contributed by atoms with van der Waals surface area (Å²) in [6.45, 7) is 1.74. The standard InChI is InChI=1S/C10H11BrO4S/c1-7-6-8(11)2-3-9(7)10(12)15-4-5-16(13)14/h2-3,6H,4-5H2,1H3,(H,13,14). The topological polar surface area (TPSA) is 63.6 Å². The summed E-state index contributed by atoms with van der Waals surface area (Å²) in [5.74, 6) is -0.545. The van der Waals surface area contributed by atoms with Crippen LogP contribution >= 0.6 is 15.9 Å². The van der Waals surface area contributed by atoms with Crippen LogP contribution in [-0.2, 0) is 15.8 Å². The molecule has 16 heavy (non-hydrogen) atoms. The molecule has 6 heteroatoms. The van der Waals surface area contributed by atoms with Crippen molar-refractivity contribution < 1.29 is 18.3 Å². The van der Waals surface area contributed by atoms with Crippen LogP contribution in [-0.4, -0.2) is 27.1 Å². The zero-order chi connectivity index (χ0) is 12.1. The fourth-order valence-corrected chi connectivity index (χ4v) is 1.84. The van der Waals surface area contributed by atoms with Crippen LogP contribution in [0.2, 0.25) is 0 Å². The van der Waals surface area contributed by atoms with Crippen molar-refractivity contribution in [2.75, 3.05) is 12.4 Å². The Morgan fingerprint density at radius 3 is 2.81 bits per heavy atom. The molecule has 0 aromatic heterocycles. The van der Waals surface area contributed by atoms with Gasteiger partial charge in [-0.3, -0.25) is 0 Å². The Morgan fingerprint density at radius 1 is 1.56 bits per heavy atom. The van der Waals surface area contributed by atoms with E-state index in [0.29, 0.717) is 5.56 Å². The molecule has 1 rings (SSSR count). The number of esters is 1. The quantitative estimate of drug-likeness (QED) is 0.684. The van der Waals surface area contributed by atoms with Gasteiger partial charge in [0.25, 0.3) is 0 Å². The summed E-state index contributed by atoms with van der Waals surface area (Å²) in [7, 11) is 0. The van der Waals surface area contributed by atoms with Gasteiger partial charge in [-0.25, -0.2) is 9.00 Å². The highest BCUT2D eigenvalue weighted by molar-refractivity contribution is 9.10. The van der Waals surface area contributed by atoms with E-state index in [4.69, 9.17) is 9.29 Å². The molecule has 1 N–H and O–H groups in total. The third kappa shape index (κ3) is 4.03. The second-order valence-electron chi connectivity index (χ2n) is 3.12. The Balaban J connectivity index is 2.63. The van der Waals surface area contributed by atoms with Crippen molar-refractivity contribution in [3.05, 3.63) is 33.8 Å². The van der Waals surface area contributed by atoms with Gasteiger partial charge in [0, 0.05) is 4.47 Å². The fourth-order valence-electron chi connectivity index (χ4n) is 1.14. The minimum atomic E-state index is -1.93. The molecule has 1 unspecified atom stereocenters. The smallest absolute Gasteiger partial charge is 0.338 e. The highest BCUT2D eigenvalue weighted by atomic mass is 79.9. The van der Waals surface area contributed by atoms with Crippen molar-refractivity contribution in [3.63, 3.8) is 0 Å². The van der Waals surface area contributed by atoms with Crippen LogP contribution in [0.25, 0.3) is 0 Å². The second kappa shape index (κ2) is 6.12. The van der Waals surface area contributed by atoms with Gasteiger partial charge in [-0.1, -0.05) is 15.9 Å². The summed E-state index contributed by atoms with van der Waals surface area (Å²) in [6, 6.07) is 5.20. The third-order valence-electron chi connectivity index (χ3n) is 1.90. The van der Waals surface area contributed by atoms with Gasteiger partial charge in [-0.05, 0) is 30.7 Å². The van der Waals surface area contributed by atoms with E-state index in [1.54, 1.807) is 25.1 Å². The van der Waals surface area contributed by atoms with Crippen molar-refractivity contribution in [1.82, 2.24) is 0 Å². The van der Waals surface area contributed by atoms with Gasteiger partial charge < -0.3 is 9.29 Å². The second-order valence-corrected chi connectivity index (χ2v) is 5.09. The molecule has 0 aliphatic heterocycles. The Kier molecular flexibility index (Phi) is 5.11. The van der Waals surface area contributed by atoms with E-state index in [0.717, 1.165) is 10.0 Å². The SMILES string of the molecule is Cc1cc(Br)ccc1C(=O)OCCS(=O)O. The molecule has 0 bridgehead atoms. The van der Waals surface area contributed by atoms with Crippen LogP contribution < -0.4 is 0 Å². The van der Waals surface area contributed by atoms with Gasteiger partial charge in [0.15, 0.2) is 11.1 Å². The first-order valence-corrected chi connectivity index (χ1v) is 6.58. The van der Waals surface area contributed by atoms with Crippen LogP contribution in [0, 0.1) is 6.92 Å². The maximum atomic E-state index is 11.5. The minimum absolute atomic E-state index is 0.0581. The lowest BCUT2D eigenvalue weighted by Crippen LogP contribution is -2.12. The molecule has 0 aliphatic carbocycles. The summed E-state index contributed by atoms with van der Waals surface area (Å²) in [6.07, 6.45) is 0. The van der Waals surface area contributed by atoms with E-state index in [9.17, 15) is 9.00 Å². The summed E-state index contributed by atoms with van der Waals surface area (Å²) in [5.41, 5.74) is 1.26. The van der Waals surface area contributed by atoms with Crippen molar-refractivity contribution in [2.45, 2.75) is 6.92 Å².